The van der Waals surface area contributed by atoms with E-state index in [1.54, 1.807) is 59.2 Å². The van der Waals surface area contributed by atoms with Gasteiger partial charge in [0.1, 0.15) is 22.9 Å². The Kier molecular flexibility index (Phi) is 9.61. The Labute approximate surface area is 287 Å². The summed E-state index contributed by atoms with van der Waals surface area (Å²) in [6.45, 7) is 9.25. The number of rotatable bonds is 8. The number of piperidine rings is 2. The fourth-order valence-electron chi connectivity index (χ4n) is 7.31. The number of para-hydroxylation sites is 1. The van der Waals surface area contributed by atoms with Crippen molar-refractivity contribution in [2.24, 2.45) is 5.41 Å². The van der Waals surface area contributed by atoms with E-state index in [0.29, 0.717) is 64.0 Å². The Bertz CT molecular complexity index is 1920. The van der Waals surface area contributed by atoms with E-state index in [4.69, 9.17) is 21.3 Å². The van der Waals surface area contributed by atoms with Gasteiger partial charge in [-0.05, 0) is 118 Å². The lowest BCUT2D eigenvalue weighted by Gasteiger charge is -2.47. The number of benzene rings is 3. The first-order chi connectivity index (χ1) is 22.8. The van der Waals surface area contributed by atoms with Crippen molar-refractivity contribution < 1.29 is 22.3 Å². The first kappa shape index (κ1) is 34.4. The Hall–Kier alpha value is -3.51. The number of carbonyl (C=O) groups excluding carboxylic acids is 1. The van der Waals surface area contributed by atoms with Crippen molar-refractivity contribution in [2.45, 2.75) is 63.9 Å². The molecule has 1 unspecified atom stereocenters. The molecule has 256 valence electrons. The number of aromatic amines is 1. The molecule has 3 heterocycles. The zero-order chi connectivity index (χ0) is 34.4. The molecule has 0 aliphatic carbocycles. The number of sulfonamides is 1. The molecular weight excluding hydrogens is 653 g/mol. The largest absolute Gasteiger partial charge is 0.497 e. The molecule has 2 aliphatic heterocycles. The number of carbonyl (C=O) groups is 1. The van der Waals surface area contributed by atoms with E-state index < -0.39 is 16.1 Å². The number of nitrogens with zero attached hydrogens (tertiary/aromatic N) is 4. The van der Waals surface area contributed by atoms with Crippen molar-refractivity contribution in [2.75, 3.05) is 40.3 Å². The zero-order valence-electron chi connectivity index (χ0n) is 28.1. The van der Waals surface area contributed by atoms with Crippen LogP contribution in [0.1, 0.15) is 71.5 Å². The van der Waals surface area contributed by atoms with E-state index >= 15 is 0 Å². The molecule has 2 fully saturated rings. The summed E-state index contributed by atoms with van der Waals surface area (Å²) in [6, 6.07) is 12.9. The Balaban J connectivity index is 1.12. The zero-order valence-corrected chi connectivity index (χ0v) is 29.7. The SMILES string of the molecule is COc1cc(C)c(S(=O)(=O)N(C)C(C)c2nc3c(C(=O)N4CCC5(CCN(Cc6ccc(F)cc6Cl)CC5)CC4)cccc3[nH]2)c(C)c1. The lowest BCUT2D eigenvalue weighted by Crippen LogP contribution is -2.48. The number of aromatic nitrogens is 2. The summed E-state index contributed by atoms with van der Waals surface area (Å²) in [6.07, 6.45) is 3.98. The molecule has 1 atom stereocenters. The van der Waals surface area contributed by atoms with E-state index in [-0.39, 0.29) is 22.0 Å². The maximum atomic E-state index is 13.9. The molecule has 3 aromatic carbocycles. The minimum atomic E-state index is -3.87. The van der Waals surface area contributed by atoms with Crippen LogP contribution in [-0.2, 0) is 16.6 Å². The minimum absolute atomic E-state index is 0.0602. The summed E-state index contributed by atoms with van der Waals surface area (Å²) < 4.78 is 47.7. The number of hydrogen-bond acceptors (Lipinski definition) is 6. The van der Waals surface area contributed by atoms with Gasteiger partial charge in [-0.25, -0.2) is 17.8 Å². The van der Waals surface area contributed by atoms with Crippen LogP contribution in [-0.4, -0.2) is 78.7 Å². The molecule has 1 N–H and O–H groups in total. The fourth-order valence-corrected chi connectivity index (χ4v) is 9.27. The number of H-pyrrole nitrogens is 1. The van der Waals surface area contributed by atoms with Crippen LogP contribution in [0.4, 0.5) is 4.39 Å². The van der Waals surface area contributed by atoms with Crippen LogP contribution < -0.4 is 4.74 Å². The molecule has 1 amide bonds. The number of aryl methyl sites for hydroxylation is 2. The van der Waals surface area contributed by atoms with Gasteiger partial charge < -0.3 is 14.6 Å². The second-order valence-corrected chi connectivity index (χ2v) is 15.8. The summed E-state index contributed by atoms with van der Waals surface area (Å²) in [4.78, 5) is 26.5. The second-order valence-electron chi connectivity index (χ2n) is 13.4. The predicted molar refractivity (Wildman–Crippen MR) is 185 cm³/mol. The maximum absolute atomic E-state index is 13.9. The minimum Gasteiger partial charge on any atom is -0.497 e. The quantitative estimate of drug-likeness (QED) is 0.216. The highest BCUT2D eigenvalue weighted by Crippen LogP contribution is 2.42. The van der Waals surface area contributed by atoms with Crippen molar-refractivity contribution in [1.82, 2.24) is 24.1 Å². The average molecular weight is 696 g/mol. The van der Waals surface area contributed by atoms with Gasteiger partial charge in [0.25, 0.3) is 5.91 Å². The van der Waals surface area contributed by atoms with E-state index in [2.05, 4.69) is 9.88 Å². The lowest BCUT2D eigenvalue weighted by molar-refractivity contribution is 0.0286. The van der Waals surface area contributed by atoms with Crippen molar-refractivity contribution in [3.8, 4) is 5.75 Å². The maximum Gasteiger partial charge on any atom is 0.256 e. The van der Waals surface area contributed by atoms with Gasteiger partial charge in [0.05, 0.1) is 29.1 Å². The summed E-state index contributed by atoms with van der Waals surface area (Å²) >= 11 is 6.27. The van der Waals surface area contributed by atoms with Crippen molar-refractivity contribution >= 4 is 38.6 Å². The fraction of sp³-hybridized carbons (Fsp3) is 0.444. The van der Waals surface area contributed by atoms with Gasteiger partial charge >= 0.3 is 0 Å². The Morgan fingerprint density at radius 1 is 1.06 bits per heavy atom. The number of methoxy groups -OCH3 is 1. The van der Waals surface area contributed by atoms with Crippen LogP contribution in [0, 0.1) is 25.1 Å². The van der Waals surface area contributed by atoms with E-state index in [0.717, 1.165) is 44.3 Å². The highest BCUT2D eigenvalue weighted by atomic mass is 35.5. The molecule has 1 aromatic heterocycles. The van der Waals surface area contributed by atoms with Gasteiger partial charge in [-0.1, -0.05) is 23.7 Å². The van der Waals surface area contributed by atoms with Gasteiger partial charge in [0.15, 0.2) is 0 Å². The third-order valence-corrected chi connectivity index (χ3v) is 13.0. The van der Waals surface area contributed by atoms with Crippen LogP contribution in [0.5, 0.6) is 5.75 Å². The lowest BCUT2D eigenvalue weighted by atomic mass is 9.71. The van der Waals surface area contributed by atoms with Crippen molar-refractivity contribution in [3.63, 3.8) is 0 Å². The highest BCUT2D eigenvalue weighted by molar-refractivity contribution is 7.89. The monoisotopic (exact) mass is 695 g/mol. The number of amides is 1. The molecule has 4 aromatic rings. The summed E-state index contributed by atoms with van der Waals surface area (Å²) in [5.41, 5.74) is 4.09. The molecule has 1 spiro atoms. The van der Waals surface area contributed by atoms with Crippen LogP contribution in [0.25, 0.3) is 11.0 Å². The Morgan fingerprint density at radius 2 is 1.71 bits per heavy atom. The third-order valence-electron chi connectivity index (χ3n) is 10.4. The van der Waals surface area contributed by atoms with Gasteiger partial charge in [-0.2, -0.15) is 4.31 Å². The average Bonchev–Trinajstić information content (AvgIpc) is 3.51. The number of halogens is 2. The highest BCUT2D eigenvalue weighted by Gasteiger charge is 2.39. The van der Waals surface area contributed by atoms with E-state index in [1.165, 1.54) is 16.4 Å². The van der Waals surface area contributed by atoms with Crippen molar-refractivity contribution in [1.29, 1.82) is 0 Å². The van der Waals surface area contributed by atoms with Gasteiger partial charge in [-0.3, -0.25) is 9.69 Å². The number of hydrogen-bond donors (Lipinski definition) is 1. The predicted octanol–water partition coefficient (Wildman–Crippen LogP) is 6.88. The van der Waals surface area contributed by atoms with Crippen LogP contribution in [0.15, 0.2) is 53.4 Å². The molecule has 0 saturated carbocycles. The molecule has 9 nitrogen and oxygen atoms in total. The van der Waals surface area contributed by atoms with Crippen LogP contribution in [0.2, 0.25) is 5.02 Å². The van der Waals surface area contributed by atoms with E-state index in [9.17, 15) is 17.6 Å². The first-order valence-corrected chi connectivity index (χ1v) is 18.2. The molecular formula is C36H43ClFN5O4S. The molecule has 12 heteroatoms. The second kappa shape index (κ2) is 13.4. The van der Waals surface area contributed by atoms with Gasteiger partial charge in [0.2, 0.25) is 10.0 Å². The number of ether oxygens (including phenoxy) is 1. The molecule has 6 rings (SSSR count). The smallest absolute Gasteiger partial charge is 0.256 e. The van der Waals surface area contributed by atoms with E-state index in [1.807, 2.05) is 17.0 Å². The Morgan fingerprint density at radius 3 is 2.33 bits per heavy atom. The molecule has 0 radical (unpaired) electrons. The third kappa shape index (κ3) is 6.57. The number of fused-ring (bicyclic) bond motifs is 1. The normalized spacial score (nSPS) is 17.7. The molecule has 2 aliphatic rings. The number of likely N-dealkylation sites (tertiary alicyclic amines) is 2. The molecule has 2 saturated heterocycles. The topological polar surface area (TPSA) is 98.8 Å². The summed E-state index contributed by atoms with van der Waals surface area (Å²) in [5.74, 6) is 0.684. The number of nitrogens with one attached hydrogen (secondary N) is 1. The standard InChI is InChI=1S/C36H43ClFN5O4S/c1-23-19-28(47-5)20-24(2)33(23)48(45,46)41(4)25(3)34-39-31-8-6-7-29(32(31)40-34)35(44)43-17-13-36(14-18-43)11-15-42(16-12-36)22-26-9-10-27(38)21-30(26)37/h6-10,19-21,25H,11-18,22H2,1-5H3,(H,39,40). The molecule has 0 bridgehead atoms. The van der Waals surface area contributed by atoms with Gasteiger partial charge in [-0.15, -0.1) is 0 Å². The summed E-state index contributed by atoms with van der Waals surface area (Å²) in [5, 5.41) is 0.464. The summed E-state index contributed by atoms with van der Waals surface area (Å²) in [7, 11) is -0.765. The molecule has 48 heavy (non-hydrogen) atoms. The first-order valence-electron chi connectivity index (χ1n) is 16.4. The van der Waals surface area contributed by atoms with Gasteiger partial charge in [0, 0.05) is 31.7 Å². The van der Waals surface area contributed by atoms with Crippen LogP contribution in [0.3, 0.4) is 0 Å². The number of imidazole rings is 1. The van der Waals surface area contributed by atoms with Crippen LogP contribution >= 0.6 is 11.6 Å². The van der Waals surface area contributed by atoms with Crippen molar-refractivity contribution in [3.05, 3.63) is 87.4 Å².